The van der Waals surface area contributed by atoms with Crippen molar-refractivity contribution in [3.8, 4) is 22.5 Å². The summed E-state index contributed by atoms with van der Waals surface area (Å²) in [4.78, 5) is 46.6. The number of anilines is 5. The van der Waals surface area contributed by atoms with Crippen molar-refractivity contribution in [2.24, 2.45) is 5.92 Å². The second-order valence-corrected chi connectivity index (χ2v) is 17.3. The molecule has 2 saturated heterocycles. The molecule has 62 heavy (non-hydrogen) atoms. The van der Waals surface area contributed by atoms with Crippen LogP contribution in [-0.2, 0) is 4.79 Å². The van der Waals surface area contributed by atoms with Crippen molar-refractivity contribution >= 4 is 94.6 Å². The van der Waals surface area contributed by atoms with E-state index >= 15 is 0 Å². The first-order chi connectivity index (χ1) is 29.1. The van der Waals surface area contributed by atoms with Crippen molar-refractivity contribution in [2.75, 3.05) is 52.3 Å². The number of nitrogens with one attached hydrogen (secondary N) is 2. The Labute approximate surface area is 380 Å². The number of aryl methyl sites for hydroxylation is 4. The third kappa shape index (κ3) is 8.26. The molecule has 0 aromatic carbocycles. The standard InChI is InChI=1S/C22H21N7OS.C15H16N4.C5H6N4S.2H2S/c1-12-9-14(5-7-23-12)16-3-4-17-19(24-16)18(15-6-8-28(17)10-15)20(30)25-21-26-22-29(27-21)13(2)11-31-22;1-10-8-11(4-6-16-10)13-2-3-14-15(18-13)17-12-5-7-19(14)9-12;1-3-2-10-5-7-4(6)8-9(3)5;;/h3-5,7,9,11,15,18H,6,8,10H2,1-2H3,(H,25,27,30);2-4,6,8,12H,5,7,9H2,1H3,(H,17,18);2H,1H3,(H2,6,8);2*1H2/t15-,18?;12-;;;/m00.../s1. The normalized spacial score (nSPS) is 17.7. The molecule has 320 valence electrons. The maximum atomic E-state index is 13.4. The van der Waals surface area contributed by atoms with Gasteiger partial charge >= 0.3 is 0 Å². The van der Waals surface area contributed by atoms with Gasteiger partial charge in [-0.3, -0.25) is 20.1 Å². The van der Waals surface area contributed by atoms with Gasteiger partial charge in [0.05, 0.1) is 45.8 Å². The highest BCUT2D eigenvalue weighted by atomic mass is 32.1. The zero-order valence-electron chi connectivity index (χ0n) is 34.6. The van der Waals surface area contributed by atoms with Crippen LogP contribution in [0.4, 0.5) is 29.1 Å². The molecule has 1 amide bonds. The van der Waals surface area contributed by atoms with Crippen molar-refractivity contribution in [3.63, 3.8) is 0 Å². The first kappa shape index (κ1) is 42.8. The van der Waals surface area contributed by atoms with E-state index in [-0.39, 0.29) is 44.7 Å². The van der Waals surface area contributed by atoms with Crippen LogP contribution in [0, 0.1) is 33.6 Å². The number of rotatable bonds is 4. The van der Waals surface area contributed by atoms with Crippen LogP contribution >= 0.6 is 49.7 Å². The highest BCUT2D eigenvalue weighted by Gasteiger charge is 2.43. The summed E-state index contributed by atoms with van der Waals surface area (Å²) >= 11 is 3.06. The van der Waals surface area contributed by atoms with Crippen molar-refractivity contribution in [2.45, 2.75) is 52.5 Å². The quantitative estimate of drug-likeness (QED) is 0.168. The molecule has 3 atom stereocenters. The van der Waals surface area contributed by atoms with Crippen LogP contribution in [0.5, 0.6) is 0 Å². The van der Waals surface area contributed by atoms with Crippen LogP contribution in [0.1, 0.15) is 47.2 Å². The number of pyridine rings is 4. The van der Waals surface area contributed by atoms with E-state index in [1.165, 1.54) is 23.4 Å². The number of carbonyl (C=O) groups excluding carboxylic acids is 1. The van der Waals surface area contributed by atoms with E-state index in [1.54, 1.807) is 26.6 Å². The fourth-order valence-electron chi connectivity index (χ4n) is 8.48. The topological polar surface area (TPSA) is 186 Å². The SMILES string of the molecule is Cc1cc(-c2ccc3c(n2)C(C(=O)Nc2nc4scc(C)n4n2)[C@H]2CCN3C2)ccn1.Cc1cc(-c2ccc3c(n2)N[C@H]2CCN3C2)ccn1.Cc1csc2nc(N)nn12.S.S. The predicted octanol–water partition coefficient (Wildman–Crippen LogP) is 6.79. The number of hydrogen-bond donors (Lipinski definition) is 3. The molecule has 20 heteroatoms. The molecule has 2 fully saturated rings. The Morgan fingerprint density at radius 3 is 2.02 bits per heavy atom. The van der Waals surface area contributed by atoms with Crippen LogP contribution in [0.3, 0.4) is 0 Å². The minimum Gasteiger partial charge on any atom is -0.370 e. The van der Waals surface area contributed by atoms with Gasteiger partial charge in [0.15, 0.2) is 5.82 Å². The van der Waals surface area contributed by atoms with Crippen molar-refractivity contribution in [3.05, 3.63) is 100 Å². The van der Waals surface area contributed by atoms with Crippen molar-refractivity contribution < 1.29 is 4.79 Å². The molecule has 0 aliphatic carbocycles. The molecule has 12 heterocycles. The fourth-order valence-corrected chi connectivity index (χ4v) is 10.1. The minimum atomic E-state index is -0.320. The number of nitrogens with zero attached hydrogens (tertiary/aromatic N) is 12. The van der Waals surface area contributed by atoms with Gasteiger partial charge in [-0.1, -0.05) is 0 Å². The molecule has 1 unspecified atom stereocenters. The number of aromatic nitrogens is 10. The number of hydrogen-bond acceptors (Lipinski definition) is 15. The number of carbonyl (C=O) groups is 1. The Balaban J connectivity index is 0.000000144. The summed E-state index contributed by atoms with van der Waals surface area (Å²) in [5, 5.41) is 18.9. The van der Waals surface area contributed by atoms with E-state index in [0.29, 0.717) is 17.9 Å². The molecule has 0 saturated carbocycles. The van der Waals surface area contributed by atoms with Gasteiger partial charge in [0, 0.05) is 77.9 Å². The maximum absolute atomic E-state index is 13.4. The van der Waals surface area contributed by atoms with Crippen LogP contribution in [0.15, 0.2) is 71.7 Å². The second-order valence-electron chi connectivity index (χ2n) is 15.6. The first-order valence-electron chi connectivity index (χ1n) is 20.0. The summed E-state index contributed by atoms with van der Waals surface area (Å²) in [6.07, 6.45) is 5.82. The van der Waals surface area contributed by atoms with Gasteiger partial charge in [0.25, 0.3) is 0 Å². The Kier molecular flexibility index (Phi) is 12.1. The summed E-state index contributed by atoms with van der Waals surface area (Å²) < 4.78 is 3.49. The highest BCUT2D eigenvalue weighted by Crippen LogP contribution is 2.44. The van der Waals surface area contributed by atoms with Crippen molar-refractivity contribution in [1.82, 2.24) is 49.1 Å². The smallest absolute Gasteiger partial charge is 0.250 e. The Bertz CT molecular complexity index is 2910. The summed E-state index contributed by atoms with van der Waals surface area (Å²) in [6.45, 7) is 12.0. The largest absolute Gasteiger partial charge is 0.370 e. The summed E-state index contributed by atoms with van der Waals surface area (Å²) in [7, 11) is 0. The van der Waals surface area contributed by atoms with E-state index in [9.17, 15) is 4.79 Å². The van der Waals surface area contributed by atoms with E-state index in [1.807, 2.05) is 68.9 Å². The molecule has 4 aliphatic rings. The molecule has 4 aliphatic heterocycles. The van der Waals surface area contributed by atoms with Crippen LogP contribution in [0.2, 0.25) is 0 Å². The predicted molar refractivity (Wildman–Crippen MR) is 257 cm³/mol. The lowest BCUT2D eigenvalue weighted by Gasteiger charge is -2.32. The van der Waals surface area contributed by atoms with Gasteiger partial charge in [0.1, 0.15) is 0 Å². The molecule has 8 aromatic rings. The Morgan fingerprint density at radius 2 is 1.35 bits per heavy atom. The minimum absolute atomic E-state index is 0. The zero-order valence-corrected chi connectivity index (χ0v) is 38.2. The Hall–Kier alpha value is -5.83. The number of amides is 1. The first-order valence-corrected chi connectivity index (χ1v) is 21.7. The maximum Gasteiger partial charge on any atom is 0.250 e. The van der Waals surface area contributed by atoms with Gasteiger partial charge in [0.2, 0.25) is 27.7 Å². The molecule has 4 N–H and O–H groups in total. The zero-order chi connectivity index (χ0) is 41.1. The van der Waals surface area contributed by atoms with Crippen LogP contribution < -0.4 is 26.2 Å². The lowest BCUT2D eigenvalue weighted by atomic mass is 9.84. The summed E-state index contributed by atoms with van der Waals surface area (Å²) in [6, 6.07) is 17.1. The van der Waals surface area contributed by atoms with Gasteiger partial charge < -0.3 is 20.9 Å². The molecule has 4 bridgehead atoms. The van der Waals surface area contributed by atoms with E-state index < -0.39 is 0 Å². The molecule has 0 radical (unpaired) electrons. The monoisotopic (exact) mass is 905 g/mol. The molecule has 16 nitrogen and oxygen atoms in total. The fraction of sp³-hybridized carbons (Fsp3) is 0.310. The van der Waals surface area contributed by atoms with Crippen LogP contribution in [0.25, 0.3) is 32.4 Å². The number of thiazole rings is 2. The lowest BCUT2D eigenvalue weighted by Crippen LogP contribution is -2.36. The highest BCUT2D eigenvalue weighted by molar-refractivity contribution is 7.59. The average Bonchev–Trinajstić information content (AvgIpc) is 4.11. The van der Waals surface area contributed by atoms with Gasteiger partial charge in [-0.05, 0) is 95.0 Å². The van der Waals surface area contributed by atoms with E-state index in [2.05, 4.69) is 74.8 Å². The molecule has 8 aromatic heterocycles. The second kappa shape index (κ2) is 17.5. The molecule has 0 spiro atoms. The summed E-state index contributed by atoms with van der Waals surface area (Å²) in [5.41, 5.74) is 16.6. The Morgan fingerprint density at radius 1 is 0.742 bits per heavy atom. The number of fused-ring (bicyclic) bond motifs is 10. The third-order valence-electron chi connectivity index (χ3n) is 11.4. The lowest BCUT2D eigenvalue weighted by molar-refractivity contribution is -0.118. The van der Waals surface area contributed by atoms with Crippen LogP contribution in [-0.4, -0.2) is 87.3 Å². The molecular weight excluding hydrogens is 859 g/mol. The van der Waals surface area contributed by atoms with Gasteiger partial charge in [-0.2, -0.15) is 37.0 Å². The average molecular weight is 906 g/mol. The van der Waals surface area contributed by atoms with Crippen molar-refractivity contribution in [1.29, 1.82) is 0 Å². The molecule has 12 rings (SSSR count). The third-order valence-corrected chi connectivity index (χ3v) is 13.3. The van der Waals surface area contributed by atoms with E-state index in [4.69, 9.17) is 15.7 Å². The number of nitrogens with two attached hydrogens (primary N) is 1. The number of nitrogen functional groups attached to an aromatic ring is 1. The van der Waals surface area contributed by atoms with Gasteiger partial charge in [-0.25, -0.2) is 19.0 Å². The van der Waals surface area contributed by atoms with E-state index in [0.717, 1.165) is 105 Å². The molecular formula is C42H47N15OS4. The summed E-state index contributed by atoms with van der Waals surface area (Å²) in [5.74, 6) is 1.55. The van der Waals surface area contributed by atoms with Gasteiger partial charge in [-0.15, -0.1) is 32.9 Å².